The number of benzene rings is 2. The molecule has 0 saturated carbocycles. The number of hydrogen-bond acceptors (Lipinski definition) is 2. The van der Waals surface area contributed by atoms with Crippen LogP contribution in [-0.2, 0) is 12.8 Å². The number of hydrogen-bond donors (Lipinski definition) is 0. The maximum atomic E-state index is 11.7. The molecule has 0 atom stereocenters. The third-order valence-electron chi connectivity index (χ3n) is 3.58. The Hall–Kier alpha value is -1.61. The first-order valence-corrected chi connectivity index (χ1v) is 7.55. The Morgan fingerprint density at radius 3 is 2.65 bits per heavy atom. The molecule has 0 unspecified atom stereocenters. The predicted molar refractivity (Wildman–Crippen MR) is 82.4 cm³/mol. The number of fused-ring (bicyclic) bond motifs is 1. The van der Waals surface area contributed by atoms with Crippen LogP contribution in [0.15, 0.2) is 46.9 Å². The van der Waals surface area contributed by atoms with E-state index >= 15 is 0 Å². The van der Waals surface area contributed by atoms with Gasteiger partial charge in [-0.05, 0) is 41.8 Å². The van der Waals surface area contributed by atoms with Gasteiger partial charge in [-0.1, -0.05) is 34.1 Å². The van der Waals surface area contributed by atoms with E-state index in [1.54, 1.807) is 0 Å². The van der Waals surface area contributed by atoms with E-state index in [0.29, 0.717) is 13.0 Å². The van der Waals surface area contributed by atoms with Crippen molar-refractivity contribution < 1.29 is 9.53 Å². The monoisotopic (exact) mass is 330 g/mol. The molecule has 0 spiro atoms. The molecule has 0 aromatic heterocycles. The van der Waals surface area contributed by atoms with Gasteiger partial charge in [0.05, 0.1) is 6.61 Å². The molecule has 102 valence electrons. The molecule has 1 aliphatic carbocycles. The quantitative estimate of drug-likeness (QED) is 0.839. The largest absolute Gasteiger partial charge is 0.493 e. The predicted octanol–water partition coefficient (Wildman–Crippen LogP) is 4.20. The van der Waals surface area contributed by atoms with Crippen molar-refractivity contribution in [2.45, 2.75) is 19.3 Å². The number of ether oxygens (including phenoxy) is 1. The van der Waals surface area contributed by atoms with Gasteiger partial charge < -0.3 is 4.74 Å². The van der Waals surface area contributed by atoms with E-state index in [9.17, 15) is 4.79 Å². The molecule has 0 saturated heterocycles. The number of aryl methyl sites for hydroxylation is 1. The second-order valence-corrected chi connectivity index (χ2v) is 5.88. The molecular weight excluding hydrogens is 316 g/mol. The van der Waals surface area contributed by atoms with E-state index in [4.69, 9.17) is 4.74 Å². The molecule has 0 bridgehead atoms. The highest BCUT2D eigenvalue weighted by atomic mass is 79.9. The van der Waals surface area contributed by atoms with Crippen LogP contribution in [0.3, 0.4) is 0 Å². The van der Waals surface area contributed by atoms with Crippen molar-refractivity contribution in [2.75, 3.05) is 6.61 Å². The maximum Gasteiger partial charge on any atom is 0.163 e. The van der Waals surface area contributed by atoms with Crippen LogP contribution < -0.4 is 4.74 Å². The Bertz CT molecular complexity index is 632. The van der Waals surface area contributed by atoms with Gasteiger partial charge in [-0.25, -0.2) is 0 Å². The van der Waals surface area contributed by atoms with Crippen LogP contribution in [0.4, 0.5) is 0 Å². The summed E-state index contributed by atoms with van der Waals surface area (Å²) in [5, 5.41) is 0. The highest BCUT2D eigenvalue weighted by Gasteiger charge is 2.19. The van der Waals surface area contributed by atoms with Gasteiger partial charge in [0.2, 0.25) is 0 Å². The first-order chi connectivity index (χ1) is 9.72. The van der Waals surface area contributed by atoms with Crippen molar-refractivity contribution in [3.05, 3.63) is 63.6 Å². The third-order valence-corrected chi connectivity index (χ3v) is 4.10. The minimum absolute atomic E-state index is 0.235. The molecule has 0 fully saturated rings. The summed E-state index contributed by atoms with van der Waals surface area (Å²) in [6, 6.07) is 14.1. The molecule has 2 aromatic rings. The zero-order chi connectivity index (χ0) is 13.9. The zero-order valence-electron chi connectivity index (χ0n) is 11.1. The second-order valence-electron chi connectivity index (χ2n) is 4.97. The van der Waals surface area contributed by atoms with E-state index in [1.165, 1.54) is 5.56 Å². The average Bonchev–Trinajstić information content (AvgIpc) is 2.83. The molecule has 0 N–H and O–H groups in total. The molecule has 2 nitrogen and oxygen atoms in total. The van der Waals surface area contributed by atoms with Crippen LogP contribution in [0.5, 0.6) is 5.75 Å². The number of rotatable bonds is 4. The van der Waals surface area contributed by atoms with E-state index < -0.39 is 0 Å². The van der Waals surface area contributed by atoms with Crippen LogP contribution in [0.2, 0.25) is 0 Å². The topological polar surface area (TPSA) is 26.3 Å². The number of carbonyl (C=O) groups excluding carboxylic acids is 1. The molecule has 0 heterocycles. The Kier molecular flexibility index (Phi) is 3.88. The standard InChI is InChI=1S/C17H15BrO2/c18-14-5-1-12(2-6-14)9-10-20-15-7-3-13-4-8-17(19)16(13)11-15/h1-3,5-7,11H,4,8-10H2. The van der Waals surface area contributed by atoms with Gasteiger partial charge in [-0.15, -0.1) is 0 Å². The van der Waals surface area contributed by atoms with E-state index in [0.717, 1.165) is 34.2 Å². The lowest BCUT2D eigenvalue weighted by molar-refractivity contribution is 0.0994. The van der Waals surface area contributed by atoms with Gasteiger partial charge >= 0.3 is 0 Å². The number of ketones is 1. The van der Waals surface area contributed by atoms with Gasteiger partial charge in [0, 0.05) is 22.9 Å². The molecule has 3 rings (SSSR count). The lowest BCUT2D eigenvalue weighted by Gasteiger charge is -2.08. The summed E-state index contributed by atoms with van der Waals surface area (Å²) in [4.78, 5) is 11.7. The fraction of sp³-hybridized carbons (Fsp3) is 0.235. The van der Waals surface area contributed by atoms with Crippen LogP contribution in [-0.4, -0.2) is 12.4 Å². The van der Waals surface area contributed by atoms with E-state index in [2.05, 4.69) is 28.1 Å². The van der Waals surface area contributed by atoms with Crippen molar-refractivity contribution in [1.29, 1.82) is 0 Å². The Balaban J connectivity index is 1.60. The normalized spacial score (nSPS) is 13.3. The number of Topliss-reactive ketones (excluding diaryl/α,β-unsaturated/α-hetero) is 1. The molecule has 0 radical (unpaired) electrons. The molecule has 2 aromatic carbocycles. The Morgan fingerprint density at radius 2 is 1.85 bits per heavy atom. The van der Waals surface area contributed by atoms with Gasteiger partial charge in [0.15, 0.2) is 5.78 Å². The molecular formula is C17H15BrO2. The minimum Gasteiger partial charge on any atom is -0.493 e. The number of halogens is 1. The zero-order valence-corrected chi connectivity index (χ0v) is 12.7. The highest BCUT2D eigenvalue weighted by Crippen LogP contribution is 2.26. The van der Waals surface area contributed by atoms with Gasteiger partial charge in [0.25, 0.3) is 0 Å². The summed E-state index contributed by atoms with van der Waals surface area (Å²) in [5.74, 6) is 1.02. The van der Waals surface area contributed by atoms with Gasteiger partial charge in [-0.3, -0.25) is 4.79 Å². The lowest BCUT2D eigenvalue weighted by Crippen LogP contribution is -2.02. The van der Waals surface area contributed by atoms with Crippen LogP contribution in [0.25, 0.3) is 0 Å². The minimum atomic E-state index is 0.235. The summed E-state index contributed by atoms with van der Waals surface area (Å²) in [6.45, 7) is 0.620. The average molecular weight is 331 g/mol. The van der Waals surface area contributed by atoms with Crippen LogP contribution in [0, 0.1) is 0 Å². The van der Waals surface area contributed by atoms with Gasteiger partial charge in [-0.2, -0.15) is 0 Å². The highest BCUT2D eigenvalue weighted by molar-refractivity contribution is 9.10. The fourth-order valence-corrected chi connectivity index (χ4v) is 2.71. The molecule has 0 aliphatic heterocycles. The molecule has 0 amide bonds. The van der Waals surface area contributed by atoms with E-state index in [1.807, 2.05) is 30.3 Å². The summed E-state index contributed by atoms with van der Waals surface area (Å²) in [6.07, 6.45) is 2.36. The smallest absolute Gasteiger partial charge is 0.163 e. The Morgan fingerprint density at radius 1 is 1.05 bits per heavy atom. The summed E-state index contributed by atoms with van der Waals surface area (Å²) in [5.41, 5.74) is 3.23. The lowest BCUT2D eigenvalue weighted by atomic mass is 10.1. The maximum absolute atomic E-state index is 11.7. The first kappa shape index (κ1) is 13.4. The second kappa shape index (κ2) is 5.80. The molecule has 3 heteroatoms. The third kappa shape index (κ3) is 2.93. The van der Waals surface area contributed by atoms with Crippen molar-refractivity contribution in [3.8, 4) is 5.75 Å². The number of carbonyl (C=O) groups is 1. The molecule has 1 aliphatic rings. The summed E-state index contributed by atoms with van der Waals surface area (Å²) >= 11 is 3.42. The van der Waals surface area contributed by atoms with Crippen molar-refractivity contribution in [2.24, 2.45) is 0 Å². The first-order valence-electron chi connectivity index (χ1n) is 6.76. The van der Waals surface area contributed by atoms with Crippen molar-refractivity contribution in [1.82, 2.24) is 0 Å². The van der Waals surface area contributed by atoms with Crippen molar-refractivity contribution in [3.63, 3.8) is 0 Å². The summed E-state index contributed by atoms with van der Waals surface area (Å²) in [7, 11) is 0. The van der Waals surface area contributed by atoms with Crippen LogP contribution >= 0.6 is 15.9 Å². The van der Waals surface area contributed by atoms with Gasteiger partial charge in [0.1, 0.15) is 5.75 Å². The molecule has 20 heavy (non-hydrogen) atoms. The SMILES string of the molecule is O=C1CCc2ccc(OCCc3ccc(Br)cc3)cc21. The van der Waals surface area contributed by atoms with Crippen LogP contribution in [0.1, 0.15) is 27.9 Å². The van der Waals surface area contributed by atoms with E-state index in [-0.39, 0.29) is 5.78 Å². The van der Waals surface area contributed by atoms with Crippen molar-refractivity contribution >= 4 is 21.7 Å². The fourth-order valence-electron chi connectivity index (χ4n) is 2.44. The Labute approximate surface area is 126 Å². The summed E-state index contributed by atoms with van der Waals surface area (Å²) < 4.78 is 6.83.